The number of carbonyl (C=O) groups is 2. The van der Waals surface area contributed by atoms with E-state index in [0.717, 1.165) is 31.1 Å². The molecule has 148 valence electrons. The van der Waals surface area contributed by atoms with Crippen molar-refractivity contribution in [2.24, 2.45) is 11.8 Å². The van der Waals surface area contributed by atoms with Gasteiger partial charge in [-0.3, -0.25) is 0 Å². The van der Waals surface area contributed by atoms with Gasteiger partial charge in [0.25, 0.3) is 0 Å². The molecule has 2 aliphatic carbocycles. The Balaban J connectivity index is 0.000000597. The van der Waals surface area contributed by atoms with Gasteiger partial charge in [0, 0.05) is 5.92 Å². The molecule has 3 unspecified atom stereocenters. The number of nitrogens with one attached hydrogen (secondary N) is 1. The van der Waals surface area contributed by atoms with Crippen molar-refractivity contribution in [3.63, 3.8) is 0 Å². The number of aliphatic hydroxyl groups is 1. The fraction of sp³-hybridized carbons (Fsp3) is 0.714. The van der Waals surface area contributed by atoms with Gasteiger partial charge in [-0.2, -0.15) is 0 Å². The molecule has 1 fully saturated rings. The third kappa shape index (κ3) is 8.17. The fourth-order valence-electron chi connectivity index (χ4n) is 2.92. The zero-order valence-electron chi connectivity index (χ0n) is 17.3. The largest absolute Gasteiger partial charge is 0.444 e. The van der Waals surface area contributed by atoms with E-state index in [9.17, 15) is 9.59 Å². The summed E-state index contributed by atoms with van der Waals surface area (Å²) < 4.78 is 5.32. The van der Waals surface area contributed by atoms with Crippen LogP contribution >= 0.6 is 0 Å². The number of carbonyl (C=O) groups excluding carboxylic acids is 2. The van der Waals surface area contributed by atoms with Gasteiger partial charge in [0.1, 0.15) is 11.9 Å². The van der Waals surface area contributed by atoms with Crippen LogP contribution < -0.4 is 5.32 Å². The van der Waals surface area contributed by atoms with Crippen LogP contribution in [-0.4, -0.2) is 34.7 Å². The normalized spacial score (nSPS) is 25.6. The lowest BCUT2D eigenvalue weighted by Gasteiger charge is -2.22. The third-order valence-electron chi connectivity index (χ3n) is 4.06. The molecule has 0 saturated heterocycles. The van der Waals surface area contributed by atoms with Crippen molar-refractivity contribution in [2.45, 2.75) is 85.0 Å². The molecule has 0 aliphatic heterocycles. The Labute approximate surface area is 157 Å². The Hall–Kier alpha value is -1.62. The fourth-order valence-corrected chi connectivity index (χ4v) is 2.92. The zero-order chi connectivity index (χ0) is 20.1. The molecule has 26 heavy (non-hydrogen) atoms. The first-order chi connectivity index (χ1) is 11.8. The van der Waals surface area contributed by atoms with Gasteiger partial charge in [0.2, 0.25) is 0 Å². The van der Waals surface area contributed by atoms with Crippen LogP contribution in [0, 0.1) is 11.8 Å². The Bertz CT molecular complexity index is 558. The highest BCUT2D eigenvalue weighted by molar-refractivity contribution is 5.69. The minimum atomic E-state index is -0.500. The number of fused-ring (bicyclic) bond motifs is 1. The Morgan fingerprint density at radius 2 is 1.85 bits per heavy atom. The monoisotopic (exact) mass is 365 g/mol. The summed E-state index contributed by atoms with van der Waals surface area (Å²) in [6.45, 7) is 12.9. The molecular weight excluding hydrogens is 330 g/mol. The molecule has 2 N–H and O–H groups in total. The molecule has 0 aromatic carbocycles. The number of ether oxygens (including phenoxy) is 1. The first-order valence-corrected chi connectivity index (χ1v) is 9.38. The van der Waals surface area contributed by atoms with Crippen molar-refractivity contribution in [1.82, 2.24) is 5.32 Å². The number of aldehydes is 1. The van der Waals surface area contributed by atoms with Crippen molar-refractivity contribution >= 4 is 12.4 Å². The summed E-state index contributed by atoms with van der Waals surface area (Å²) in [5, 5.41) is 11.5. The lowest BCUT2D eigenvalue weighted by molar-refractivity contribution is -0.110. The Morgan fingerprint density at radius 1 is 1.27 bits per heavy atom. The summed E-state index contributed by atoms with van der Waals surface area (Å²) in [5.41, 5.74) is 1.38. The molecule has 0 heterocycles. The lowest BCUT2D eigenvalue weighted by Crippen LogP contribution is -2.38. The number of allylic oxidation sites excluding steroid dienone is 2. The highest BCUT2D eigenvalue weighted by atomic mass is 16.6. The van der Waals surface area contributed by atoms with E-state index >= 15 is 0 Å². The van der Waals surface area contributed by atoms with Gasteiger partial charge in [-0.05, 0) is 77.9 Å². The lowest BCUT2D eigenvalue weighted by atomic mass is 9.92. The van der Waals surface area contributed by atoms with Gasteiger partial charge in [0.05, 0.1) is 11.6 Å². The minimum absolute atomic E-state index is 0.00343. The summed E-state index contributed by atoms with van der Waals surface area (Å²) >= 11 is 0. The van der Waals surface area contributed by atoms with E-state index in [2.05, 4.69) is 24.4 Å². The van der Waals surface area contributed by atoms with E-state index in [1.54, 1.807) is 20.8 Å². The van der Waals surface area contributed by atoms with Crippen LogP contribution in [0.5, 0.6) is 0 Å². The molecule has 2 rings (SSSR count). The minimum Gasteiger partial charge on any atom is -0.444 e. The number of hydrogen-bond donors (Lipinski definition) is 2. The summed E-state index contributed by atoms with van der Waals surface area (Å²) in [7, 11) is 0. The average molecular weight is 366 g/mol. The molecule has 5 nitrogen and oxygen atoms in total. The predicted molar refractivity (Wildman–Crippen MR) is 104 cm³/mol. The van der Waals surface area contributed by atoms with Crippen molar-refractivity contribution < 1.29 is 19.4 Å². The van der Waals surface area contributed by atoms with Crippen LogP contribution in [0.3, 0.4) is 0 Å². The Kier molecular flexibility index (Phi) is 7.63. The zero-order valence-corrected chi connectivity index (χ0v) is 17.3. The number of rotatable bonds is 2. The van der Waals surface area contributed by atoms with Crippen molar-refractivity contribution in [3.8, 4) is 0 Å². The molecule has 1 saturated carbocycles. The van der Waals surface area contributed by atoms with E-state index in [1.807, 2.05) is 20.8 Å². The quantitative estimate of drug-likeness (QED) is 0.721. The van der Waals surface area contributed by atoms with Gasteiger partial charge in [-0.25, -0.2) is 4.79 Å². The van der Waals surface area contributed by atoms with E-state index < -0.39 is 11.2 Å². The first-order valence-electron chi connectivity index (χ1n) is 9.38. The van der Waals surface area contributed by atoms with Crippen LogP contribution in [0.4, 0.5) is 4.79 Å². The first kappa shape index (κ1) is 22.4. The highest BCUT2D eigenvalue weighted by Crippen LogP contribution is 2.36. The second kappa shape index (κ2) is 8.85. The molecule has 0 aromatic heterocycles. The van der Waals surface area contributed by atoms with E-state index in [1.165, 1.54) is 5.57 Å². The molecule has 1 amide bonds. The van der Waals surface area contributed by atoms with Gasteiger partial charge in [0.15, 0.2) is 0 Å². The molecule has 3 atom stereocenters. The summed E-state index contributed by atoms with van der Waals surface area (Å²) in [4.78, 5) is 23.1. The summed E-state index contributed by atoms with van der Waals surface area (Å²) in [6, 6.07) is 0.00343. The maximum absolute atomic E-state index is 11.9. The number of alkyl carbamates (subject to hydrolysis) is 1. The second-order valence-corrected chi connectivity index (χ2v) is 9.19. The van der Waals surface area contributed by atoms with Crippen molar-refractivity contribution in [2.75, 3.05) is 0 Å². The van der Waals surface area contributed by atoms with Crippen molar-refractivity contribution in [3.05, 3.63) is 23.3 Å². The van der Waals surface area contributed by atoms with Crippen LogP contribution in [0.2, 0.25) is 0 Å². The van der Waals surface area contributed by atoms with Gasteiger partial charge in [-0.1, -0.05) is 19.1 Å². The van der Waals surface area contributed by atoms with Crippen molar-refractivity contribution in [1.29, 1.82) is 0 Å². The van der Waals surface area contributed by atoms with Crippen LogP contribution in [0.15, 0.2) is 23.3 Å². The maximum atomic E-state index is 11.9. The van der Waals surface area contributed by atoms with Gasteiger partial charge < -0.3 is 20.0 Å². The van der Waals surface area contributed by atoms with Gasteiger partial charge >= 0.3 is 6.09 Å². The second-order valence-electron chi connectivity index (χ2n) is 9.19. The van der Waals surface area contributed by atoms with E-state index in [0.29, 0.717) is 5.92 Å². The topological polar surface area (TPSA) is 75.6 Å². The third-order valence-corrected chi connectivity index (χ3v) is 4.06. The highest BCUT2D eigenvalue weighted by Gasteiger charge is 2.31. The SMILES string of the molecule is CC(C)(C)O.CC1CC=C2C(=CC1C=O)CCC2NC(=O)OC(C)(C)C. The summed E-state index contributed by atoms with van der Waals surface area (Å²) in [5.74, 6) is 0.296. The van der Waals surface area contributed by atoms with Crippen LogP contribution in [0.25, 0.3) is 0 Å². The van der Waals surface area contributed by atoms with E-state index in [4.69, 9.17) is 9.84 Å². The maximum Gasteiger partial charge on any atom is 0.408 e. The average Bonchev–Trinajstić information content (AvgIpc) is 2.71. The smallest absolute Gasteiger partial charge is 0.408 e. The molecule has 0 aromatic rings. The number of hydrogen-bond acceptors (Lipinski definition) is 4. The molecule has 5 heteroatoms. The summed E-state index contributed by atoms with van der Waals surface area (Å²) in [6.07, 6.45) is 7.55. The van der Waals surface area contributed by atoms with Gasteiger partial charge in [-0.15, -0.1) is 0 Å². The molecule has 0 radical (unpaired) electrons. The molecular formula is C21H35NO4. The number of amides is 1. The predicted octanol–water partition coefficient (Wildman–Crippen LogP) is 4.16. The standard InChI is InChI=1S/C17H25NO3.C4H10O/c1-11-5-7-14-12(9-13(11)10-19)6-8-15(14)18-16(20)21-17(2,3)4;1-4(2,3)5/h7,9-11,13,15H,5-6,8H2,1-4H3,(H,18,20);5H,1-3H3. The van der Waals surface area contributed by atoms with Crippen LogP contribution in [0.1, 0.15) is 67.7 Å². The molecule has 0 spiro atoms. The Morgan fingerprint density at radius 3 is 2.35 bits per heavy atom. The molecule has 2 aliphatic rings. The van der Waals surface area contributed by atoms with E-state index in [-0.39, 0.29) is 18.1 Å². The molecule has 0 bridgehead atoms. The van der Waals surface area contributed by atoms with Crippen LogP contribution in [-0.2, 0) is 9.53 Å².